The number of aliphatic imine (C=N–C) groups is 1. The first kappa shape index (κ1) is 48.2. The summed E-state index contributed by atoms with van der Waals surface area (Å²) >= 11 is 0. The molecule has 7 heterocycles. The molecule has 4 amide bonds. The van der Waals surface area contributed by atoms with Crippen molar-refractivity contribution in [1.29, 1.82) is 0 Å². The lowest BCUT2D eigenvalue weighted by Crippen LogP contribution is -2.49. The molecule has 1 saturated heterocycles. The van der Waals surface area contributed by atoms with Crippen molar-refractivity contribution in [2.24, 2.45) is 10.7 Å². The fourth-order valence-corrected chi connectivity index (χ4v) is 10.6. The van der Waals surface area contributed by atoms with Crippen LogP contribution in [0.1, 0.15) is 107 Å². The van der Waals surface area contributed by atoms with Gasteiger partial charge in [-0.2, -0.15) is 10.3 Å². The molecule has 10 rings (SSSR count). The number of aromatic amines is 1. The van der Waals surface area contributed by atoms with E-state index in [0.717, 1.165) is 42.6 Å². The van der Waals surface area contributed by atoms with Crippen molar-refractivity contribution in [3.05, 3.63) is 88.0 Å². The first-order valence-corrected chi connectivity index (χ1v) is 24.9. The summed E-state index contributed by atoms with van der Waals surface area (Å²) in [6.07, 6.45) is 9.39. The molecule has 0 radical (unpaired) electrons. The third-order valence-corrected chi connectivity index (χ3v) is 14.2. The van der Waals surface area contributed by atoms with E-state index in [9.17, 15) is 19.2 Å². The number of hydrogen-bond acceptors (Lipinski definition) is 15. The second kappa shape index (κ2) is 20.7. The first-order chi connectivity index (χ1) is 34.9. The third-order valence-electron chi connectivity index (χ3n) is 14.2. The van der Waals surface area contributed by atoms with Crippen molar-refractivity contribution in [3.8, 4) is 11.5 Å². The van der Waals surface area contributed by atoms with Crippen molar-refractivity contribution in [3.63, 3.8) is 0 Å². The van der Waals surface area contributed by atoms with E-state index in [2.05, 4.69) is 56.5 Å². The van der Waals surface area contributed by atoms with Gasteiger partial charge in [0, 0.05) is 73.5 Å². The van der Waals surface area contributed by atoms with Crippen LogP contribution in [0.15, 0.2) is 59.1 Å². The number of benzene rings is 2. The predicted octanol–water partition coefficient (Wildman–Crippen LogP) is 3.59. The molecule has 22 heteroatoms. The van der Waals surface area contributed by atoms with E-state index in [-0.39, 0.29) is 67.1 Å². The van der Waals surface area contributed by atoms with Gasteiger partial charge in [0.2, 0.25) is 11.9 Å². The molecule has 3 aromatic heterocycles. The zero-order valence-electron chi connectivity index (χ0n) is 41.0. The van der Waals surface area contributed by atoms with Crippen LogP contribution in [0.5, 0.6) is 11.5 Å². The van der Waals surface area contributed by atoms with Gasteiger partial charge in [-0.05, 0) is 94.8 Å². The van der Waals surface area contributed by atoms with Crippen LogP contribution in [0, 0.1) is 6.92 Å². The Kier molecular flexibility index (Phi) is 13.9. The molecule has 3 atom stereocenters. The predicted molar refractivity (Wildman–Crippen MR) is 266 cm³/mol. The van der Waals surface area contributed by atoms with Gasteiger partial charge < -0.3 is 40.0 Å². The molecule has 22 nitrogen and oxygen atoms in total. The first-order valence-electron chi connectivity index (χ1n) is 24.9. The van der Waals surface area contributed by atoms with E-state index in [4.69, 9.17) is 24.9 Å². The maximum Gasteiger partial charge on any atom is 0.276 e. The summed E-state index contributed by atoms with van der Waals surface area (Å²) in [5, 5.41) is 28.7. The molecule has 0 spiro atoms. The van der Waals surface area contributed by atoms with Crippen LogP contribution in [0.3, 0.4) is 0 Å². The number of nitrogens with two attached hydrogens (primary N) is 1. The van der Waals surface area contributed by atoms with E-state index in [1.54, 1.807) is 35.0 Å². The van der Waals surface area contributed by atoms with E-state index in [0.29, 0.717) is 103 Å². The van der Waals surface area contributed by atoms with E-state index >= 15 is 0 Å². The van der Waals surface area contributed by atoms with E-state index in [1.165, 1.54) is 0 Å². The molecule has 5 aromatic rings. The summed E-state index contributed by atoms with van der Waals surface area (Å²) in [5.74, 6) is 0.412. The number of morpholine rings is 1. The molecule has 378 valence electrons. The molecule has 1 saturated carbocycles. The Balaban J connectivity index is 1.03. The number of rotatable bonds is 11. The number of primary amides is 1. The Bertz CT molecular complexity index is 2960. The second-order valence-electron chi connectivity index (χ2n) is 19.0. The molecule has 6 N–H and O–H groups in total. The van der Waals surface area contributed by atoms with E-state index < -0.39 is 18.0 Å². The van der Waals surface area contributed by atoms with Crippen LogP contribution >= 0.6 is 0 Å². The lowest BCUT2D eigenvalue weighted by molar-refractivity contribution is -0.118. The number of carbonyl (C=O) groups excluding carboxylic acids is 4. The fraction of sp³-hybridized carbons (Fsp3) is 0.480. The number of hydrogen-bond donors (Lipinski definition) is 5. The van der Waals surface area contributed by atoms with Gasteiger partial charge in [-0.25, -0.2) is 4.98 Å². The van der Waals surface area contributed by atoms with Crippen LogP contribution < -0.4 is 36.1 Å². The third kappa shape index (κ3) is 9.92. The summed E-state index contributed by atoms with van der Waals surface area (Å²) in [6.45, 7) is 11.1. The Labute approximate surface area is 415 Å². The zero-order chi connectivity index (χ0) is 50.0. The Morgan fingerprint density at radius 3 is 2.38 bits per heavy atom. The number of allylic oxidation sites excluding steroid dienone is 2. The molecular weight excluding hydrogens is 923 g/mol. The van der Waals surface area contributed by atoms with Crippen molar-refractivity contribution >= 4 is 52.0 Å². The average Bonchev–Trinajstić information content (AvgIpc) is 4.24. The number of H-pyrrole nitrogens is 1. The molecule has 1 aliphatic carbocycles. The van der Waals surface area contributed by atoms with Gasteiger partial charge in [-0.3, -0.25) is 39.1 Å². The van der Waals surface area contributed by atoms with Crippen LogP contribution in [-0.4, -0.2) is 145 Å². The highest BCUT2D eigenvalue weighted by molar-refractivity contribution is 6.07. The number of amides is 4. The van der Waals surface area contributed by atoms with E-state index in [1.807, 2.05) is 50.5 Å². The highest BCUT2D eigenvalue weighted by Crippen LogP contribution is 2.42. The molecule has 0 bridgehead atoms. The standard InChI is InChI=1S/C50H61N15O7/c1-5-37-36(19-28(3)52-37)48(68)55-42-25-31-21-32(45(51)66)23-40-43(31)63(42)13-7-8-14-64-44-38(54-50(64)56-49(69)39-20-29(4)59-65(39)6-2)22-33(24-41(44)72-27-35(26-71-40)62-15-17-70-18-16-62)47(67)53-34-11-9-30(10-12-34)46-57-60-61-58-46/h7-8,19-24,30,34-35,37,42H,5-6,9-18,25-27H2,1-4H3,(H2,51,66)(H,53,67)(H,55,68)(H,54,56,69)(H,57,58,60,61)/b8-7+/t30?,34?,35?,37-,42?/m0/s1. The maximum absolute atomic E-state index is 14.3. The number of carbonyl (C=O) groups is 4. The summed E-state index contributed by atoms with van der Waals surface area (Å²) in [6, 6.07) is 7.98. The number of anilines is 2. The monoisotopic (exact) mass is 983 g/mol. The SMILES string of the molecule is CC[C@@H]1N=C(C)C=C1C(=O)NC1Cc2cc(C(N)=O)cc3c2N1C/C=C/Cn1c(NC(=O)c2cc(C)nn2CC)nc2cc(C(=O)NC4CCC(c5nn[nH]n5)CC4)cc(c21)OCC(N1CCOCC1)CO3. The van der Waals surface area contributed by atoms with Crippen LogP contribution in [0.25, 0.3) is 11.0 Å². The van der Waals surface area contributed by atoms with Gasteiger partial charge in [0.1, 0.15) is 42.1 Å². The Hall–Kier alpha value is -7.46. The number of tetrazole rings is 1. The Morgan fingerprint density at radius 1 is 0.875 bits per heavy atom. The van der Waals surface area contributed by atoms with Crippen molar-refractivity contribution < 1.29 is 33.4 Å². The number of ether oxygens (including phenoxy) is 3. The summed E-state index contributed by atoms with van der Waals surface area (Å²) in [5.41, 5.74) is 11.6. The smallest absolute Gasteiger partial charge is 0.276 e. The molecule has 2 unspecified atom stereocenters. The van der Waals surface area contributed by atoms with Gasteiger partial charge in [-0.1, -0.05) is 24.3 Å². The van der Waals surface area contributed by atoms with Crippen LogP contribution in [0.4, 0.5) is 11.6 Å². The summed E-state index contributed by atoms with van der Waals surface area (Å²) in [7, 11) is 0. The normalized spacial score (nSPS) is 22.9. The van der Waals surface area contributed by atoms with Crippen molar-refractivity contribution in [2.45, 2.75) is 110 Å². The number of nitrogens with one attached hydrogen (secondary N) is 4. The number of aromatic nitrogens is 8. The maximum atomic E-state index is 14.3. The number of imidazole rings is 1. The quantitative estimate of drug-likeness (QED) is 0.119. The minimum absolute atomic E-state index is 0.0773. The second-order valence-corrected chi connectivity index (χ2v) is 19.0. The summed E-state index contributed by atoms with van der Waals surface area (Å²) < 4.78 is 23.0. The topological polar surface area (TPSA) is 267 Å². The molecular formula is C50H61N15O7. The lowest BCUT2D eigenvalue weighted by atomic mass is 9.85. The molecule has 2 fully saturated rings. The van der Waals surface area contributed by atoms with Gasteiger partial charge in [0.15, 0.2) is 5.82 Å². The zero-order valence-corrected chi connectivity index (χ0v) is 41.0. The van der Waals surface area contributed by atoms with Crippen LogP contribution in [-0.2, 0) is 29.0 Å². The van der Waals surface area contributed by atoms with Gasteiger partial charge in [0.25, 0.3) is 17.7 Å². The molecule has 72 heavy (non-hydrogen) atoms. The highest BCUT2D eigenvalue weighted by Gasteiger charge is 2.37. The van der Waals surface area contributed by atoms with Gasteiger partial charge in [-0.15, -0.1) is 10.2 Å². The van der Waals surface area contributed by atoms with Crippen LogP contribution in [0.2, 0.25) is 0 Å². The Morgan fingerprint density at radius 2 is 1.64 bits per heavy atom. The summed E-state index contributed by atoms with van der Waals surface area (Å²) in [4.78, 5) is 69.4. The number of nitrogens with zero attached hydrogens (tertiary/aromatic N) is 10. The van der Waals surface area contributed by atoms with Crippen molar-refractivity contribution in [2.75, 3.05) is 56.3 Å². The minimum Gasteiger partial charge on any atom is -0.490 e. The molecule has 4 aliphatic heterocycles. The van der Waals surface area contributed by atoms with Gasteiger partial charge >= 0.3 is 0 Å². The molecule has 2 aromatic carbocycles. The number of aryl methyl sites for hydroxylation is 2. The minimum atomic E-state index is -0.604. The molecule has 5 aliphatic rings. The van der Waals surface area contributed by atoms with Crippen molar-refractivity contribution in [1.82, 2.24) is 55.5 Å². The lowest BCUT2D eigenvalue weighted by Gasteiger charge is -2.34. The average molecular weight is 984 g/mol. The van der Waals surface area contributed by atoms with Gasteiger partial charge in [0.05, 0.1) is 42.2 Å². The highest BCUT2D eigenvalue weighted by atomic mass is 16.5. The fourth-order valence-electron chi connectivity index (χ4n) is 10.6. The largest absolute Gasteiger partial charge is 0.490 e.